The molecule has 138 valence electrons. The number of halogens is 1. The van der Waals surface area contributed by atoms with Gasteiger partial charge in [0, 0.05) is 33.8 Å². The normalized spacial score (nSPS) is 11.6. The predicted molar refractivity (Wildman–Crippen MR) is 113 cm³/mol. The van der Waals surface area contributed by atoms with E-state index in [9.17, 15) is 8.42 Å². The maximum atomic E-state index is 12.2. The van der Waals surface area contributed by atoms with Gasteiger partial charge in [-0.15, -0.1) is 11.8 Å². The van der Waals surface area contributed by atoms with Crippen LogP contribution in [0.3, 0.4) is 0 Å². The van der Waals surface area contributed by atoms with E-state index in [-0.39, 0.29) is 0 Å². The van der Waals surface area contributed by atoms with Crippen molar-refractivity contribution in [2.75, 3.05) is 4.72 Å². The van der Waals surface area contributed by atoms with Crippen LogP contribution in [0.2, 0.25) is 5.02 Å². The van der Waals surface area contributed by atoms with E-state index >= 15 is 0 Å². The lowest BCUT2D eigenvalue weighted by molar-refractivity contribution is 0.609. The van der Waals surface area contributed by atoms with Crippen molar-refractivity contribution in [1.82, 2.24) is 4.98 Å². The number of benzene rings is 2. The first-order valence-corrected chi connectivity index (χ1v) is 11.0. The van der Waals surface area contributed by atoms with Gasteiger partial charge in [0.1, 0.15) is 0 Å². The van der Waals surface area contributed by atoms with Crippen molar-refractivity contribution in [3.05, 3.63) is 94.6 Å². The fourth-order valence-electron chi connectivity index (χ4n) is 2.21. The first kappa shape index (κ1) is 19.5. The van der Waals surface area contributed by atoms with Gasteiger partial charge in [-0.1, -0.05) is 29.8 Å². The molecule has 0 unspecified atom stereocenters. The van der Waals surface area contributed by atoms with Gasteiger partial charge in [0.15, 0.2) is 0 Å². The molecule has 1 N–H and O–H groups in total. The van der Waals surface area contributed by atoms with Crippen molar-refractivity contribution >= 4 is 45.1 Å². The predicted octanol–water partition coefficient (Wildman–Crippen LogP) is 5.44. The molecule has 3 rings (SSSR count). The van der Waals surface area contributed by atoms with Crippen LogP contribution >= 0.6 is 23.4 Å². The molecule has 27 heavy (non-hydrogen) atoms. The molecule has 4 nitrogen and oxygen atoms in total. The number of nitrogens with zero attached hydrogens (tertiary/aromatic N) is 1. The first-order valence-electron chi connectivity index (χ1n) is 8.08. The van der Waals surface area contributed by atoms with Gasteiger partial charge in [0.05, 0.1) is 5.41 Å². The summed E-state index contributed by atoms with van der Waals surface area (Å²) < 4.78 is 26.9. The summed E-state index contributed by atoms with van der Waals surface area (Å²) in [5.74, 6) is 0.808. The van der Waals surface area contributed by atoms with E-state index in [4.69, 9.17) is 11.6 Å². The molecule has 1 aromatic heterocycles. The molecule has 0 spiro atoms. The summed E-state index contributed by atoms with van der Waals surface area (Å²) in [6, 6.07) is 18.1. The largest absolute Gasteiger partial charge is 0.280 e. The van der Waals surface area contributed by atoms with Gasteiger partial charge < -0.3 is 0 Å². The van der Waals surface area contributed by atoms with Crippen molar-refractivity contribution < 1.29 is 8.42 Å². The van der Waals surface area contributed by atoms with Gasteiger partial charge in [-0.3, -0.25) is 9.71 Å². The second-order valence-electron chi connectivity index (χ2n) is 5.68. The van der Waals surface area contributed by atoms with E-state index in [0.29, 0.717) is 10.7 Å². The van der Waals surface area contributed by atoms with E-state index < -0.39 is 10.0 Å². The van der Waals surface area contributed by atoms with Crippen LogP contribution in [0.5, 0.6) is 0 Å². The quantitative estimate of drug-likeness (QED) is 0.521. The third-order valence-electron chi connectivity index (χ3n) is 3.55. The fraction of sp³-hybridized carbons (Fsp3) is 0.0500. The van der Waals surface area contributed by atoms with Crippen molar-refractivity contribution in [2.24, 2.45) is 0 Å². The molecule has 1 heterocycles. The smallest absolute Gasteiger partial charge is 0.255 e. The molecule has 0 aliphatic carbocycles. The fourth-order valence-corrected chi connectivity index (χ4v) is 4.04. The van der Waals surface area contributed by atoms with Gasteiger partial charge in [-0.05, 0) is 59.7 Å². The average Bonchev–Trinajstić information content (AvgIpc) is 2.68. The molecule has 2 aromatic carbocycles. The van der Waals surface area contributed by atoms with E-state index in [1.165, 1.54) is 6.08 Å². The number of thioether (sulfide) groups is 1. The molecular formula is C20H17ClN2O2S2. The number of sulfonamides is 1. The van der Waals surface area contributed by atoms with Gasteiger partial charge >= 0.3 is 0 Å². The van der Waals surface area contributed by atoms with Crippen molar-refractivity contribution in [3.8, 4) is 0 Å². The first-order chi connectivity index (χ1) is 13.0. The third-order valence-corrected chi connectivity index (χ3v) is 5.90. The highest BCUT2D eigenvalue weighted by atomic mass is 35.5. The van der Waals surface area contributed by atoms with Crippen LogP contribution in [0.25, 0.3) is 6.08 Å². The van der Waals surface area contributed by atoms with E-state index in [2.05, 4.69) is 9.71 Å². The average molecular weight is 417 g/mol. The molecule has 3 aromatic rings. The summed E-state index contributed by atoms with van der Waals surface area (Å²) in [5, 5.41) is 1.75. The Labute approximate surface area is 168 Å². The Morgan fingerprint density at radius 1 is 1.04 bits per heavy atom. The molecule has 0 aliphatic heterocycles. The number of hydrogen-bond donors (Lipinski definition) is 1. The number of pyridine rings is 1. The molecular weight excluding hydrogens is 400 g/mol. The Kier molecular flexibility index (Phi) is 6.55. The molecule has 0 atom stereocenters. The topological polar surface area (TPSA) is 59.1 Å². The lowest BCUT2D eigenvalue weighted by atomic mass is 10.2. The van der Waals surface area contributed by atoms with Crippen LogP contribution in [0, 0.1) is 0 Å². The van der Waals surface area contributed by atoms with E-state index in [0.717, 1.165) is 27.2 Å². The molecule has 0 radical (unpaired) electrons. The second kappa shape index (κ2) is 9.08. The Bertz CT molecular complexity index is 1000. The van der Waals surface area contributed by atoms with Crippen molar-refractivity contribution in [1.29, 1.82) is 0 Å². The number of aromatic nitrogens is 1. The SMILES string of the molecule is O=S(=O)(/C=C/c1ccc(Cl)cc1)Nc1ccc(SCc2cccnc2)cc1. The highest BCUT2D eigenvalue weighted by Crippen LogP contribution is 2.24. The van der Waals surface area contributed by atoms with Crippen LogP contribution in [0.15, 0.2) is 83.4 Å². The van der Waals surface area contributed by atoms with E-state index in [1.807, 2.05) is 30.5 Å². The van der Waals surface area contributed by atoms with Gasteiger partial charge in [-0.2, -0.15) is 0 Å². The second-order valence-corrected chi connectivity index (χ2v) is 8.73. The number of nitrogens with one attached hydrogen (secondary N) is 1. The Morgan fingerprint density at radius 2 is 1.78 bits per heavy atom. The van der Waals surface area contributed by atoms with Crippen LogP contribution in [-0.2, 0) is 15.8 Å². The van der Waals surface area contributed by atoms with E-state index in [1.54, 1.807) is 54.4 Å². The van der Waals surface area contributed by atoms with Crippen LogP contribution in [-0.4, -0.2) is 13.4 Å². The summed E-state index contributed by atoms with van der Waals surface area (Å²) in [6.07, 6.45) is 5.11. The molecule has 0 saturated carbocycles. The van der Waals surface area contributed by atoms with Crippen molar-refractivity contribution in [2.45, 2.75) is 10.6 Å². The Morgan fingerprint density at radius 3 is 2.44 bits per heavy atom. The van der Waals surface area contributed by atoms with Crippen LogP contribution in [0.1, 0.15) is 11.1 Å². The van der Waals surface area contributed by atoms with Gasteiger partial charge in [0.2, 0.25) is 0 Å². The van der Waals surface area contributed by atoms with Crippen LogP contribution in [0.4, 0.5) is 5.69 Å². The summed E-state index contributed by atoms with van der Waals surface area (Å²) >= 11 is 7.49. The lowest BCUT2D eigenvalue weighted by Gasteiger charge is -2.06. The molecule has 0 amide bonds. The molecule has 0 fully saturated rings. The third kappa shape index (κ3) is 6.43. The highest BCUT2D eigenvalue weighted by molar-refractivity contribution is 7.98. The number of rotatable bonds is 7. The zero-order valence-electron chi connectivity index (χ0n) is 14.2. The monoisotopic (exact) mass is 416 g/mol. The number of anilines is 1. The Hall–Kier alpha value is -2.28. The standard InChI is InChI=1S/C20H17ClN2O2S2/c21-18-5-3-16(4-6-18)11-13-27(24,25)23-19-7-9-20(10-8-19)26-15-17-2-1-12-22-14-17/h1-14,23H,15H2/b13-11+. The molecule has 0 bridgehead atoms. The molecule has 0 saturated heterocycles. The minimum atomic E-state index is -3.59. The highest BCUT2D eigenvalue weighted by Gasteiger charge is 2.06. The van der Waals surface area contributed by atoms with Crippen LogP contribution < -0.4 is 4.72 Å². The minimum Gasteiger partial charge on any atom is -0.280 e. The Balaban J connectivity index is 1.58. The van der Waals surface area contributed by atoms with Crippen molar-refractivity contribution in [3.63, 3.8) is 0 Å². The molecule has 7 heteroatoms. The zero-order chi connectivity index (χ0) is 19.1. The summed E-state index contributed by atoms with van der Waals surface area (Å²) in [4.78, 5) is 5.15. The summed E-state index contributed by atoms with van der Waals surface area (Å²) in [7, 11) is -3.59. The van der Waals surface area contributed by atoms with Gasteiger partial charge in [0.25, 0.3) is 10.0 Å². The maximum Gasteiger partial charge on any atom is 0.255 e. The van der Waals surface area contributed by atoms with Gasteiger partial charge in [-0.25, -0.2) is 8.42 Å². The lowest BCUT2D eigenvalue weighted by Crippen LogP contribution is -2.08. The minimum absolute atomic E-state index is 0.515. The zero-order valence-corrected chi connectivity index (χ0v) is 16.6. The number of hydrogen-bond acceptors (Lipinski definition) is 4. The molecule has 0 aliphatic rings. The maximum absolute atomic E-state index is 12.2. The summed E-state index contributed by atoms with van der Waals surface area (Å²) in [5.41, 5.74) is 2.41. The summed E-state index contributed by atoms with van der Waals surface area (Å²) in [6.45, 7) is 0.